The fourth-order valence-corrected chi connectivity index (χ4v) is 4.35. The van der Waals surface area contributed by atoms with Crippen LogP contribution in [0.4, 0.5) is 0 Å². The summed E-state index contributed by atoms with van der Waals surface area (Å²) < 4.78 is 31.8. The number of hydrogen-bond acceptors (Lipinski definition) is 4. The maximum atomic E-state index is 12.4. The van der Waals surface area contributed by atoms with Crippen molar-refractivity contribution in [2.24, 2.45) is 4.99 Å². The number of sulfonamides is 1. The third-order valence-electron chi connectivity index (χ3n) is 4.28. The van der Waals surface area contributed by atoms with Gasteiger partial charge < -0.3 is 15.0 Å². The minimum Gasteiger partial charge on any atom is -0.378 e. The Kier molecular flexibility index (Phi) is 11.0. The normalized spacial score (nSPS) is 16.2. The second kappa shape index (κ2) is 12.2. The van der Waals surface area contributed by atoms with Crippen LogP contribution >= 0.6 is 35.6 Å². The number of piperazine rings is 1. The second-order valence-corrected chi connectivity index (χ2v) is 9.18. The number of nitrogens with one attached hydrogen (secondary N) is 1. The third kappa shape index (κ3) is 8.02. The van der Waals surface area contributed by atoms with Crippen molar-refractivity contribution in [2.75, 3.05) is 45.6 Å². The molecule has 1 heterocycles. The van der Waals surface area contributed by atoms with Gasteiger partial charge in [-0.15, -0.1) is 24.0 Å². The Labute approximate surface area is 190 Å². The van der Waals surface area contributed by atoms with E-state index in [1.165, 1.54) is 4.31 Å². The Balaban J connectivity index is 0.00000392. The lowest BCUT2D eigenvalue weighted by Gasteiger charge is -2.35. The molecule has 0 saturated carbocycles. The summed E-state index contributed by atoms with van der Waals surface area (Å²) in [7, 11) is -1.56. The number of hydrogen-bond donors (Lipinski definition) is 1. The minimum atomic E-state index is -3.29. The van der Waals surface area contributed by atoms with Crippen LogP contribution in [0.5, 0.6) is 0 Å². The van der Waals surface area contributed by atoms with Gasteiger partial charge in [-0.3, -0.25) is 4.99 Å². The van der Waals surface area contributed by atoms with Crippen LogP contribution in [-0.4, -0.2) is 75.3 Å². The number of nitrogens with zero attached hydrogens (tertiary/aromatic N) is 3. The largest absolute Gasteiger partial charge is 0.378 e. The van der Waals surface area contributed by atoms with E-state index in [0.29, 0.717) is 37.7 Å². The number of ether oxygens (including phenoxy) is 1. The summed E-state index contributed by atoms with van der Waals surface area (Å²) >= 11 is 6.02. The molecule has 1 aliphatic heterocycles. The summed E-state index contributed by atoms with van der Waals surface area (Å²) in [6, 6.07) is 7.65. The van der Waals surface area contributed by atoms with Crippen LogP contribution in [0.1, 0.15) is 19.4 Å². The third-order valence-corrected chi connectivity index (χ3v) is 6.35. The SMILES string of the molecule is CN=C(NCc1cccc(Cl)c1)N1CCN(S(=O)(=O)CCOC(C)C)CC1.I. The highest BCUT2D eigenvalue weighted by atomic mass is 127. The number of guanidine groups is 1. The van der Waals surface area contributed by atoms with Crippen molar-refractivity contribution in [3.8, 4) is 0 Å². The summed E-state index contributed by atoms with van der Waals surface area (Å²) in [6.45, 7) is 6.71. The topological polar surface area (TPSA) is 74.2 Å². The first-order valence-corrected chi connectivity index (χ1v) is 11.1. The Hall–Kier alpha value is -0.620. The summed E-state index contributed by atoms with van der Waals surface area (Å²) in [4.78, 5) is 6.39. The molecule has 1 aromatic rings. The van der Waals surface area contributed by atoms with Crippen LogP contribution in [0.25, 0.3) is 0 Å². The standard InChI is InChI=1S/C18H29ClN4O3S.HI/c1-15(2)26-11-12-27(24,25)23-9-7-22(8-10-23)18(20-3)21-14-16-5-4-6-17(19)13-16;/h4-6,13,15H,7-12,14H2,1-3H3,(H,20,21);1H. The van der Waals surface area contributed by atoms with Gasteiger partial charge in [0.05, 0.1) is 18.5 Å². The summed E-state index contributed by atoms with van der Waals surface area (Å²) in [5.41, 5.74) is 1.06. The lowest BCUT2D eigenvalue weighted by atomic mass is 10.2. The van der Waals surface area contributed by atoms with Gasteiger partial charge in [0, 0.05) is 44.8 Å². The van der Waals surface area contributed by atoms with Crippen molar-refractivity contribution in [1.82, 2.24) is 14.5 Å². The molecule has 1 aliphatic rings. The molecule has 1 saturated heterocycles. The van der Waals surface area contributed by atoms with Gasteiger partial charge in [0.25, 0.3) is 0 Å². The van der Waals surface area contributed by atoms with Gasteiger partial charge in [0.1, 0.15) is 0 Å². The zero-order chi connectivity index (χ0) is 19.9. The van der Waals surface area contributed by atoms with E-state index in [1.54, 1.807) is 7.05 Å². The van der Waals surface area contributed by atoms with E-state index in [1.807, 2.05) is 38.1 Å². The Morgan fingerprint density at radius 3 is 2.54 bits per heavy atom. The van der Waals surface area contributed by atoms with E-state index >= 15 is 0 Å². The molecular formula is C18H30ClIN4O3S. The van der Waals surface area contributed by atoms with Crippen molar-refractivity contribution in [1.29, 1.82) is 0 Å². The molecule has 0 radical (unpaired) electrons. The van der Waals surface area contributed by atoms with E-state index < -0.39 is 10.0 Å². The van der Waals surface area contributed by atoms with Crippen molar-refractivity contribution in [3.63, 3.8) is 0 Å². The fourth-order valence-electron chi connectivity index (χ4n) is 2.86. The minimum absolute atomic E-state index is 0. The van der Waals surface area contributed by atoms with Gasteiger partial charge in [-0.25, -0.2) is 8.42 Å². The van der Waals surface area contributed by atoms with Crippen LogP contribution in [0.3, 0.4) is 0 Å². The first-order valence-electron chi connectivity index (χ1n) is 9.11. The Morgan fingerprint density at radius 2 is 1.96 bits per heavy atom. The zero-order valence-corrected chi connectivity index (χ0v) is 20.5. The highest BCUT2D eigenvalue weighted by Gasteiger charge is 2.27. The van der Waals surface area contributed by atoms with E-state index in [9.17, 15) is 8.42 Å². The van der Waals surface area contributed by atoms with Gasteiger partial charge in [0.2, 0.25) is 10.0 Å². The van der Waals surface area contributed by atoms with Crippen molar-refractivity contribution in [2.45, 2.75) is 26.5 Å². The average molecular weight is 545 g/mol. The monoisotopic (exact) mass is 544 g/mol. The molecule has 1 fully saturated rings. The second-order valence-electron chi connectivity index (χ2n) is 6.65. The molecule has 7 nitrogen and oxygen atoms in total. The summed E-state index contributed by atoms with van der Waals surface area (Å²) in [5.74, 6) is 0.780. The molecule has 0 amide bonds. The lowest BCUT2D eigenvalue weighted by molar-refractivity contribution is 0.0904. The van der Waals surface area contributed by atoms with Crippen LogP contribution in [0.15, 0.2) is 29.3 Å². The first kappa shape index (κ1) is 25.4. The number of rotatable bonds is 7. The van der Waals surface area contributed by atoms with Crippen LogP contribution < -0.4 is 5.32 Å². The highest BCUT2D eigenvalue weighted by Crippen LogP contribution is 2.12. The maximum absolute atomic E-state index is 12.4. The maximum Gasteiger partial charge on any atom is 0.216 e. The molecule has 0 aliphatic carbocycles. The molecule has 1 N–H and O–H groups in total. The molecule has 28 heavy (non-hydrogen) atoms. The van der Waals surface area contributed by atoms with E-state index in [0.717, 1.165) is 11.5 Å². The number of halogens is 2. The quantitative estimate of drug-likeness (QED) is 0.324. The van der Waals surface area contributed by atoms with Crippen LogP contribution in [0, 0.1) is 0 Å². The van der Waals surface area contributed by atoms with Gasteiger partial charge in [-0.2, -0.15) is 4.31 Å². The van der Waals surface area contributed by atoms with Gasteiger partial charge in [-0.05, 0) is 31.5 Å². The smallest absolute Gasteiger partial charge is 0.216 e. The average Bonchev–Trinajstić information content (AvgIpc) is 2.62. The molecule has 0 unspecified atom stereocenters. The predicted octanol–water partition coefficient (Wildman–Crippen LogP) is 2.41. The zero-order valence-electron chi connectivity index (χ0n) is 16.6. The molecule has 0 atom stereocenters. The van der Waals surface area contributed by atoms with E-state index in [2.05, 4.69) is 15.2 Å². The highest BCUT2D eigenvalue weighted by molar-refractivity contribution is 14.0. The molecule has 0 aromatic heterocycles. The molecule has 0 spiro atoms. The van der Waals surface area contributed by atoms with Gasteiger partial charge in [0.15, 0.2) is 5.96 Å². The van der Waals surface area contributed by atoms with E-state index in [-0.39, 0.29) is 42.4 Å². The lowest BCUT2D eigenvalue weighted by Crippen LogP contribution is -2.54. The molecule has 10 heteroatoms. The van der Waals surface area contributed by atoms with Crippen LogP contribution in [-0.2, 0) is 21.3 Å². The molecule has 0 bridgehead atoms. The molecule has 160 valence electrons. The first-order chi connectivity index (χ1) is 12.8. The summed E-state index contributed by atoms with van der Waals surface area (Å²) in [5, 5.41) is 4.01. The van der Waals surface area contributed by atoms with Crippen molar-refractivity contribution < 1.29 is 13.2 Å². The fraction of sp³-hybridized carbons (Fsp3) is 0.611. The van der Waals surface area contributed by atoms with Crippen molar-refractivity contribution in [3.05, 3.63) is 34.9 Å². The Morgan fingerprint density at radius 1 is 1.29 bits per heavy atom. The molecule has 2 rings (SSSR count). The van der Waals surface area contributed by atoms with E-state index in [4.69, 9.17) is 16.3 Å². The molecule has 1 aromatic carbocycles. The van der Waals surface area contributed by atoms with Crippen LogP contribution in [0.2, 0.25) is 5.02 Å². The van der Waals surface area contributed by atoms with Gasteiger partial charge in [-0.1, -0.05) is 23.7 Å². The molecular weight excluding hydrogens is 515 g/mol. The van der Waals surface area contributed by atoms with Crippen molar-refractivity contribution >= 4 is 51.6 Å². The number of benzene rings is 1. The van der Waals surface area contributed by atoms with Gasteiger partial charge >= 0.3 is 0 Å². The predicted molar refractivity (Wildman–Crippen MR) is 125 cm³/mol. The number of aliphatic imine (C=N–C) groups is 1. The Bertz CT molecular complexity index is 738. The summed E-state index contributed by atoms with van der Waals surface area (Å²) in [6.07, 6.45) is 0.0333.